The first-order chi connectivity index (χ1) is 8.67. The number of aromatic nitrogens is 2. The number of rotatable bonds is 2. The van der Waals surface area contributed by atoms with Crippen LogP contribution in [0.15, 0.2) is 41.1 Å². The normalized spacial score (nSPS) is 9.00. The van der Waals surface area contributed by atoms with Gasteiger partial charge in [0.25, 0.3) is 0 Å². The van der Waals surface area contributed by atoms with E-state index in [2.05, 4.69) is 25.9 Å². The number of hydrogen-bond donors (Lipinski definition) is 1. The number of nitrogen functional groups attached to an aromatic ring is 1. The molecule has 0 aliphatic carbocycles. The Hall–Kier alpha value is -1.95. The van der Waals surface area contributed by atoms with Crippen LogP contribution in [0.1, 0.15) is 10.4 Å². The zero-order chi connectivity index (χ0) is 13.4. The molecule has 0 bridgehead atoms. The van der Waals surface area contributed by atoms with Crippen LogP contribution in [0.2, 0.25) is 0 Å². The first kappa shape index (κ1) is 14.1. The number of nitrogens with two attached hydrogens (primary N) is 1. The molecule has 2 heterocycles. The van der Waals surface area contributed by atoms with Gasteiger partial charge in [-0.05, 0) is 40.2 Å². The van der Waals surface area contributed by atoms with E-state index in [-0.39, 0.29) is 0 Å². The van der Waals surface area contributed by atoms with Crippen molar-refractivity contribution in [2.75, 3.05) is 12.8 Å². The number of ether oxygens (including phenoxy) is 1. The minimum absolute atomic E-state index is 0.373. The monoisotopic (exact) mass is 309 g/mol. The van der Waals surface area contributed by atoms with Gasteiger partial charge in [-0.2, -0.15) is 0 Å². The van der Waals surface area contributed by atoms with Crippen LogP contribution in [0, 0.1) is 0 Å². The molecule has 0 atom stereocenters. The topological polar surface area (TPSA) is 78.1 Å². The van der Waals surface area contributed by atoms with E-state index in [1.165, 1.54) is 7.11 Å². The molecule has 0 aliphatic heterocycles. The van der Waals surface area contributed by atoms with Crippen LogP contribution in [0.25, 0.3) is 0 Å². The fourth-order valence-corrected chi connectivity index (χ4v) is 1.29. The Labute approximate surface area is 113 Å². The Morgan fingerprint density at radius 1 is 1.33 bits per heavy atom. The van der Waals surface area contributed by atoms with Crippen LogP contribution in [0.4, 0.5) is 5.82 Å². The van der Waals surface area contributed by atoms with E-state index in [1.54, 1.807) is 30.6 Å². The summed E-state index contributed by atoms with van der Waals surface area (Å²) in [5.74, 6) is 0.922. The van der Waals surface area contributed by atoms with E-state index in [0.717, 1.165) is 4.47 Å². The lowest BCUT2D eigenvalue weighted by Crippen LogP contribution is -1.91. The number of methoxy groups -OCH3 is 1. The van der Waals surface area contributed by atoms with Crippen LogP contribution >= 0.6 is 15.9 Å². The third kappa shape index (κ3) is 4.50. The summed E-state index contributed by atoms with van der Waals surface area (Å²) < 4.78 is 5.74. The molecule has 0 radical (unpaired) electrons. The van der Waals surface area contributed by atoms with Crippen LogP contribution in [0.5, 0.6) is 5.88 Å². The number of carbonyl (C=O) groups excluding carboxylic acids is 1. The Kier molecular flexibility index (Phi) is 5.79. The van der Waals surface area contributed by atoms with Crippen molar-refractivity contribution < 1.29 is 9.53 Å². The molecule has 2 aromatic heterocycles. The van der Waals surface area contributed by atoms with Gasteiger partial charge in [0, 0.05) is 16.9 Å². The lowest BCUT2D eigenvalue weighted by atomic mass is 10.3. The molecule has 0 aliphatic rings. The summed E-state index contributed by atoms with van der Waals surface area (Å²) in [6, 6.07) is 6.93. The Morgan fingerprint density at radius 3 is 2.56 bits per heavy atom. The fourth-order valence-electron chi connectivity index (χ4n) is 1.05. The van der Waals surface area contributed by atoms with Crippen molar-refractivity contribution in [2.45, 2.75) is 0 Å². The summed E-state index contributed by atoms with van der Waals surface area (Å²) in [5.41, 5.74) is 5.77. The second-order valence-corrected chi connectivity index (χ2v) is 4.04. The van der Waals surface area contributed by atoms with Gasteiger partial charge in [0.1, 0.15) is 5.82 Å². The van der Waals surface area contributed by atoms with E-state index in [0.29, 0.717) is 23.5 Å². The molecule has 0 spiro atoms. The van der Waals surface area contributed by atoms with Crippen molar-refractivity contribution in [3.8, 4) is 5.88 Å². The summed E-state index contributed by atoms with van der Waals surface area (Å²) in [6.07, 6.45) is 3.95. The molecule has 0 saturated heterocycles. The van der Waals surface area contributed by atoms with E-state index < -0.39 is 0 Å². The lowest BCUT2D eigenvalue weighted by molar-refractivity contribution is 0.112. The Morgan fingerprint density at radius 2 is 2.11 bits per heavy atom. The third-order valence-electron chi connectivity index (χ3n) is 1.87. The zero-order valence-corrected chi connectivity index (χ0v) is 11.3. The highest BCUT2D eigenvalue weighted by molar-refractivity contribution is 9.10. The van der Waals surface area contributed by atoms with Crippen LogP contribution in [0.3, 0.4) is 0 Å². The maximum Gasteiger partial charge on any atom is 0.223 e. The third-order valence-corrected chi connectivity index (χ3v) is 2.34. The lowest BCUT2D eigenvalue weighted by Gasteiger charge is -1.98. The Balaban J connectivity index is 0.000000184. The minimum atomic E-state index is 0.373. The quantitative estimate of drug-likeness (QED) is 0.861. The highest BCUT2D eigenvalue weighted by Gasteiger charge is 1.98. The molecular weight excluding hydrogens is 298 g/mol. The second-order valence-electron chi connectivity index (χ2n) is 3.12. The molecule has 0 aromatic carbocycles. The molecular formula is C12H12BrN3O2. The van der Waals surface area contributed by atoms with Crippen molar-refractivity contribution in [1.29, 1.82) is 0 Å². The summed E-state index contributed by atoms with van der Waals surface area (Å²) >= 11 is 3.23. The number of halogens is 1. The smallest absolute Gasteiger partial charge is 0.223 e. The zero-order valence-electron chi connectivity index (χ0n) is 9.71. The first-order valence-corrected chi connectivity index (χ1v) is 5.78. The van der Waals surface area contributed by atoms with Gasteiger partial charge < -0.3 is 10.5 Å². The van der Waals surface area contributed by atoms with Crippen molar-refractivity contribution in [1.82, 2.24) is 9.97 Å². The molecule has 2 rings (SSSR count). The van der Waals surface area contributed by atoms with Crippen LogP contribution in [-0.4, -0.2) is 23.4 Å². The number of pyridine rings is 2. The van der Waals surface area contributed by atoms with Gasteiger partial charge in [-0.1, -0.05) is 0 Å². The van der Waals surface area contributed by atoms with E-state index in [9.17, 15) is 4.79 Å². The van der Waals surface area contributed by atoms with E-state index in [1.807, 2.05) is 6.07 Å². The van der Waals surface area contributed by atoms with Crippen LogP contribution in [-0.2, 0) is 0 Å². The number of aldehydes is 1. The second kappa shape index (κ2) is 7.39. The van der Waals surface area contributed by atoms with Gasteiger partial charge in [-0.25, -0.2) is 9.97 Å². The summed E-state index contributed by atoms with van der Waals surface area (Å²) in [5, 5.41) is 0. The van der Waals surface area contributed by atoms with E-state index in [4.69, 9.17) is 10.5 Å². The maximum atomic E-state index is 10.3. The summed E-state index contributed by atoms with van der Waals surface area (Å²) in [6.45, 7) is 0. The largest absolute Gasteiger partial charge is 0.480 e. The van der Waals surface area contributed by atoms with Crippen molar-refractivity contribution in [2.24, 2.45) is 0 Å². The van der Waals surface area contributed by atoms with Crippen molar-refractivity contribution >= 4 is 28.0 Å². The van der Waals surface area contributed by atoms with Gasteiger partial charge in [0.2, 0.25) is 5.88 Å². The SMILES string of the molecule is COc1ncccc1C=O.Nc1ccc(Br)cn1. The van der Waals surface area contributed by atoms with Gasteiger partial charge >= 0.3 is 0 Å². The van der Waals surface area contributed by atoms with E-state index >= 15 is 0 Å². The highest BCUT2D eigenvalue weighted by Crippen LogP contribution is 2.09. The average molecular weight is 310 g/mol. The van der Waals surface area contributed by atoms with Crippen molar-refractivity contribution in [3.05, 3.63) is 46.7 Å². The fraction of sp³-hybridized carbons (Fsp3) is 0.0833. The number of anilines is 1. The number of nitrogens with zero attached hydrogens (tertiary/aromatic N) is 2. The van der Waals surface area contributed by atoms with Gasteiger partial charge in [-0.15, -0.1) is 0 Å². The van der Waals surface area contributed by atoms with Gasteiger partial charge in [0.15, 0.2) is 6.29 Å². The summed E-state index contributed by atoms with van der Waals surface area (Å²) in [4.78, 5) is 17.9. The highest BCUT2D eigenvalue weighted by atomic mass is 79.9. The molecule has 0 fully saturated rings. The first-order valence-electron chi connectivity index (χ1n) is 4.98. The van der Waals surface area contributed by atoms with Crippen LogP contribution < -0.4 is 10.5 Å². The number of carbonyl (C=O) groups is 1. The Bertz CT molecular complexity index is 482. The number of hydrogen-bond acceptors (Lipinski definition) is 5. The molecule has 6 heteroatoms. The molecule has 18 heavy (non-hydrogen) atoms. The predicted octanol–water partition coefficient (Wildman–Crippen LogP) is 2.33. The molecule has 5 nitrogen and oxygen atoms in total. The van der Waals surface area contributed by atoms with Crippen molar-refractivity contribution in [3.63, 3.8) is 0 Å². The predicted molar refractivity (Wildman–Crippen MR) is 72.5 cm³/mol. The minimum Gasteiger partial charge on any atom is -0.480 e. The molecule has 0 unspecified atom stereocenters. The molecule has 2 N–H and O–H groups in total. The molecule has 0 amide bonds. The molecule has 2 aromatic rings. The summed E-state index contributed by atoms with van der Waals surface area (Å²) in [7, 11) is 1.48. The molecule has 94 valence electrons. The standard InChI is InChI=1S/C7H7NO2.C5H5BrN2/c1-10-7-6(5-9)3-2-4-8-7;6-4-1-2-5(7)8-3-4/h2-5H,1H3;1-3H,(H2,7,8). The van der Waals surface area contributed by atoms with Gasteiger partial charge in [-0.3, -0.25) is 4.79 Å². The van der Waals surface area contributed by atoms with Gasteiger partial charge in [0.05, 0.1) is 12.7 Å². The molecule has 0 saturated carbocycles. The maximum absolute atomic E-state index is 10.3. The average Bonchev–Trinajstić information content (AvgIpc) is 2.42.